The lowest BCUT2D eigenvalue weighted by atomic mass is 10.2. The van der Waals surface area contributed by atoms with E-state index < -0.39 is 0 Å². The number of nitrogens with zero attached hydrogens (tertiary/aromatic N) is 1. The summed E-state index contributed by atoms with van der Waals surface area (Å²) < 4.78 is 10.4. The Balaban J connectivity index is 1.72. The Labute approximate surface area is 143 Å². The second kappa shape index (κ2) is 6.80. The number of hydrogen-bond acceptors (Lipinski definition) is 4. The summed E-state index contributed by atoms with van der Waals surface area (Å²) in [5, 5.41) is 3.25. The number of carbonyl (C=O) groups excluding carboxylic acids is 2. The highest BCUT2D eigenvalue weighted by Crippen LogP contribution is 2.34. The molecule has 0 atom stereocenters. The molecule has 124 valence electrons. The van der Waals surface area contributed by atoms with Crippen LogP contribution in [0.25, 0.3) is 0 Å². The molecule has 0 radical (unpaired) electrons. The molecule has 0 aliphatic carbocycles. The number of nitrogens with one attached hydrogen (secondary N) is 1. The molecule has 3 rings (SSSR count). The van der Waals surface area contributed by atoms with Gasteiger partial charge in [0.05, 0.1) is 12.8 Å². The number of hydrogen-bond donors (Lipinski definition) is 1. The van der Waals surface area contributed by atoms with Crippen molar-refractivity contribution in [3.8, 4) is 11.5 Å². The van der Waals surface area contributed by atoms with Gasteiger partial charge in [-0.15, -0.1) is 0 Å². The number of fused-ring (bicyclic) bond motifs is 1. The molecule has 0 saturated carbocycles. The van der Waals surface area contributed by atoms with Crippen molar-refractivity contribution in [3.05, 3.63) is 47.5 Å². The van der Waals surface area contributed by atoms with E-state index in [1.807, 2.05) is 0 Å². The third kappa shape index (κ3) is 3.44. The summed E-state index contributed by atoms with van der Waals surface area (Å²) in [4.78, 5) is 25.7. The number of rotatable bonds is 4. The van der Waals surface area contributed by atoms with E-state index in [9.17, 15) is 9.59 Å². The summed E-state index contributed by atoms with van der Waals surface area (Å²) in [7, 11) is 1.57. The zero-order valence-electron chi connectivity index (χ0n) is 12.9. The van der Waals surface area contributed by atoms with Crippen molar-refractivity contribution in [2.45, 2.75) is 0 Å². The van der Waals surface area contributed by atoms with Crippen LogP contribution in [0.15, 0.2) is 42.5 Å². The van der Waals surface area contributed by atoms with E-state index in [0.717, 1.165) is 0 Å². The molecule has 2 amide bonds. The molecule has 1 heterocycles. The summed E-state index contributed by atoms with van der Waals surface area (Å²) in [5.74, 6) is 0.590. The predicted molar refractivity (Wildman–Crippen MR) is 90.9 cm³/mol. The van der Waals surface area contributed by atoms with Gasteiger partial charge in [0.25, 0.3) is 5.91 Å². The number of anilines is 2. The number of benzene rings is 2. The molecule has 24 heavy (non-hydrogen) atoms. The van der Waals surface area contributed by atoms with Crippen LogP contribution in [0.3, 0.4) is 0 Å². The Morgan fingerprint density at radius 3 is 2.75 bits per heavy atom. The minimum atomic E-state index is -0.309. The zero-order valence-corrected chi connectivity index (χ0v) is 13.7. The van der Waals surface area contributed by atoms with Gasteiger partial charge < -0.3 is 14.8 Å². The molecule has 0 saturated heterocycles. The second-order valence-electron chi connectivity index (χ2n) is 5.16. The molecule has 1 aliphatic heterocycles. The minimum Gasteiger partial charge on any atom is -0.497 e. The van der Waals surface area contributed by atoms with Gasteiger partial charge in [-0.05, 0) is 36.4 Å². The molecule has 1 aliphatic rings. The molecule has 0 aromatic heterocycles. The third-order valence-corrected chi connectivity index (χ3v) is 3.78. The van der Waals surface area contributed by atoms with Crippen molar-refractivity contribution in [1.29, 1.82) is 0 Å². The van der Waals surface area contributed by atoms with Crippen LogP contribution in [0.4, 0.5) is 11.4 Å². The summed E-state index contributed by atoms with van der Waals surface area (Å²) in [6.45, 7) is -0.230. The van der Waals surface area contributed by atoms with Crippen molar-refractivity contribution < 1.29 is 19.1 Å². The smallest absolute Gasteiger partial charge is 0.265 e. The van der Waals surface area contributed by atoms with Crippen LogP contribution in [0.2, 0.25) is 5.02 Å². The Bertz CT molecular complexity index is 777. The molecule has 1 N–H and O–H groups in total. The maximum atomic E-state index is 12.3. The SMILES string of the molecule is COc1ccc(NC(=O)CN2C(=O)COc3cc(Cl)ccc32)cc1. The summed E-state index contributed by atoms with van der Waals surface area (Å²) in [6, 6.07) is 11.9. The van der Waals surface area contributed by atoms with Crippen LogP contribution < -0.4 is 19.7 Å². The molecule has 6 nitrogen and oxygen atoms in total. The first-order valence-electron chi connectivity index (χ1n) is 7.23. The maximum absolute atomic E-state index is 12.3. The lowest BCUT2D eigenvalue weighted by molar-refractivity contribution is -0.123. The standard InChI is InChI=1S/C17H15ClN2O4/c1-23-13-5-3-12(4-6-13)19-16(21)9-20-14-7-2-11(18)8-15(14)24-10-17(20)22/h2-8H,9-10H2,1H3,(H,19,21). The van der Waals surface area contributed by atoms with Crippen molar-refractivity contribution in [2.24, 2.45) is 0 Å². The topological polar surface area (TPSA) is 67.9 Å². The normalized spacial score (nSPS) is 13.1. The number of amides is 2. The third-order valence-electron chi connectivity index (χ3n) is 3.54. The van der Waals surface area contributed by atoms with Gasteiger partial charge in [0.2, 0.25) is 5.91 Å². The highest BCUT2D eigenvalue weighted by Gasteiger charge is 2.27. The minimum absolute atomic E-state index is 0.108. The fourth-order valence-corrected chi connectivity index (χ4v) is 2.53. The zero-order chi connectivity index (χ0) is 17.1. The van der Waals surface area contributed by atoms with Gasteiger partial charge in [-0.3, -0.25) is 14.5 Å². The van der Waals surface area contributed by atoms with Crippen LogP contribution in [0.5, 0.6) is 11.5 Å². The van der Waals surface area contributed by atoms with Crippen LogP contribution in [-0.4, -0.2) is 32.1 Å². The first kappa shape index (κ1) is 16.1. The molecule has 7 heteroatoms. The van der Waals surface area contributed by atoms with Gasteiger partial charge in [-0.2, -0.15) is 0 Å². The number of methoxy groups -OCH3 is 1. The van der Waals surface area contributed by atoms with Crippen LogP contribution in [-0.2, 0) is 9.59 Å². The monoisotopic (exact) mass is 346 g/mol. The number of halogens is 1. The van der Waals surface area contributed by atoms with E-state index in [4.69, 9.17) is 21.1 Å². The average Bonchev–Trinajstić information content (AvgIpc) is 2.58. The van der Waals surface area contributed by atoms with E-state index in [1.54, 1.807) is 49.6 Å². The fraction of sp³-hybridized carbons (Fsp3) is 0.176. The lowest BCUT2D eigenvalue weighted by Crippen LogP contribution is -2.43. The van der Waals surface area contributed by atoms with Crippen molar-refractivity contribution in [2.75, 3.05) is 30.5 Å². The molecular formula is C17H15ClN2O4. The molecule has 2 aromatic carbocycles. The Kier molecular flexibility index (Phi) is 4.57. The van der Waals surface area contributed by atoms with Gasteiger partial charge in [-0.1, -0.05) is 11.6 Å². The van der Waals surface area contributed by atoms with E-state index in [-0.39, 0.29) is 25.0 Å². The molecule has 2 aromatic rings. The summed E-state index contributed by atoms with van der Waals surface area (Å²) in [5.41, 5.74) is 1.15. The maximum Gasteiger partial charge on any atom is 0.265 e. The van der Waals surface area contributed by atoms with Crippen molar-refractivity contribution >= 4 is 34.8 Å². The van der Waals surface area contributed by atoms with Gasteiger partial charge >= 0.3 is 0 Å². The van der Waals surface area contributed by atoms with Crippen LogP contribution in [0.1, 0.15) is 0 Å². The van der Waals surface area contributed by atoms with Gasteiger partial charge in [0.1, 0.15) is 18.0 Å². The van der Waals surface area contributed by atoms with Crippen LogP contribution >= 0.6 is 11.6 Å². The largest absolute Gasteiger partial charge is 0.497 e. The van der Waals surface area contributed by atoms with Gasteiger partial charge in [-0.25, -0.2) is 0 Å². The Morgan fingerprint density at radius 2 is 2.04 bits per heavy atom. The Hall–Kier alpha value is -2.73. The van der Waals surface area contributed by atoms with Crippen LogP contribution in [0, 0.1) is 0 Å². The highest BCUT2D eigenvalue weighted by atomic mass is 35.5. The van der Waals surface area contributed by atoms with E-state index in [2.05, 4.69) is 5.32 Å². The molecule has 0 bridgehead atoms. The molecule has 0 spiro atoms. The van der Waals surface area contributed by atoms with E-state index in [0.29, 0.717) is 27.9 Å². The fourth-order valence-electron chi connectivity index (χ4n) is 2.37. The average molecular weight is 347 g/mol. The highest BCUT2D eigenvalue weighted by molar-refractivity contribution is 6.31. The molecule has 0 fully saturated rings. The van der Waals surface area contributed by atoms with Crippen molar-refractivity contribution in [3.63, 3.8) is 0 Å². The summed E-state index contributed by atoms with van der Waals surface area (Å²) in [6.07, 6.45) is 0. The first-order chi connectivity index (χ1) is 11.6. The summed E-state index contributed by atoms with van der Waals surface area (Å²) >= 11 is 5.93. The number of carbonyl (C=O) groups is 2. The lowest BCUT2D eigenvalue weighted by Gasteiger charge is -2.28. The number of ether oxygens (including phenoxy) is 2. The molecular weight excluding hydrogens is 332 g/mol. The van der Waals surface area contributed by atoms with Gasteiger partial charge in [0.15, 0.2) is 6.61 Å². The van der Waals surface area contributed by atoms with Gasteiger partial charge in [0, 0.05) is 16.8 Å². The predicted octanol–water partition coefficient (Wildman–Crippen LogP) is 2.71. The van der Waals surface area contributed by atoms with E-state index >= 15 is 0 Å². The quantitative estimate of drug-likeness (QED) is 0.924. The van der Waals surface area contributed by atoms with Crippen molar-refractivity contribution in [1.82, 2.24) is 0 Å². The Morgan fingerprint density at radius 1 is 1.29 bits per heavy atom. The first-order valence-corrected chi connectivity index (χ1v) is 7.61. The second-order valence-corrected chi connectivity index (χ2v) is 5.59. The molecule has 0 unspecified atom stereocenters. The van der Waals surface area contributed by atoms with E-state index in [1.165, 1.54) is 4.90 Å².